The summed E-state index contributed by atoms with van der Waals surface area (Å²) in [5.41, 5.74) is 3.42. The lowest BCUT2D eigenvalue weighted by Crippen LogP contribution is -2.29. The van der Waals surface area contributed by atoms with Crippen molar-refractivity contribution in [3.63, 3.8) is 0 Å². The lowest BCUT2D eigenvalue weighted by molar-refractivity contribution is 0.343. The lowest BCUT2D eigenvalue weighted by atomic mass is 10.0. The fourth-order valence-corrected chi connectivity index (χ4v) is 5.05. The topological polar surface area (TPSA) is 76.9 Å². The number of aromatic nitrogens is 4. The number of nitrogens with one attached hydrogen (secondary N) is 2. The summed E-state index contributed by atoms with van der Waals surface area (Å²) >= 11 is 1.61. The molecule has 31 heavy (non-hydrogen) atoms. The molecule has 0 atom stereocenters. The smallest absolute Gasteiger partial charge is 0.227 e. The third-order valence-corrected chi connectivity index (χ3v) is 6.61. The van der Waals surface area contributed by atoms with Crippen LogP contribution in [0.15, 0.2) is 36.8 Å². The first kappa shape index (κ1) is 19.9. The molecule has 7 nitrogen and oxygen atoms in total. The molecule has 0 saturated carbocycles. The number of fused-ring (bicyclic) bond motifs is 1. The summed E-state index contributed by atoms with van der Waals surface area (Å²) in [4.78, 5) is 10.3. The number of methoxy groups -OCH3 is 1. The molecule has 1 saturated heterocycles. The molecule has 160 valence electrons. The number of benzene rings is 1. The molecule has 5 rings (SSSR count). The molecule has 0 unspecified atom stereocenters. The molecular weight excluding hydrogens is 415 g/mol. The maximum atomic E-state index is 13.7. The van der Waals surface area contributed by atoms with E-state index in [0.717, 1.165) is 57.8 Å². The van der Waals surface area contributed by atoms with E-state index >= 15 is 0 Å². The Bertz CT molecular complexity index is 1230. The van der Waals surface area contributed by atoms with Crippen LogP contribution >= 0.6 is 11.3 Å². The predicted molar refractivity (Wildman–Crippen MR) is 121 cm³/mol. The molecule has 1 aromatic carbocycles. The first-order valence-corrected chi connectivity index (χ1v) is 11.1. The first-order chi connectivity index (χ1) is 15.1. The van der Waals surface area contributed by atoms with E-state index in [-0.39, 0.29) is 5.82 Å². The average molecular weight is 439 g/mol. The van der Waals surface area contributed by atoms with E-state index < -0.39 is 0 Å². The minimum absolute atomic E-state index is 0.333. The average Bonchev–Trinajstić information content (AvgIpc) is 3.38. The largest absolute Gasteiger partial charge is 0.496 e. The van der Waals surface area contributed by atoms with Crippen molar-refractivity contribution in [1.82, 2.24) is 25.1 Å². The summed E-state index contributed by atoms with van der Waals surface area (Å²) in [5, 5.41) is 11.2. The molecule has 0 amide bonds. The van der Waals surface area contributed by atoms with Crippen LogP contribution in [0.1, 0.15) is 23.8 Å². The Hall–Kier alpha value is -3.04. The van der Waals surface area contributed by atoms with E-state index in [9.17, 15) is 4.39 Å². The van der Waals surface area contributed by atoms with Crippen molar-refractivity contribution in [2.24, 2.45) is 0 Å². The molecule has 1 aliphatic rings. The molecule has 0 radical (unpaired) electrons. The van der Waals surface area contributed by atoms with E-state index in [2.05, 4.69) is 20.7 Å². The van der Waals surface area contributed by atoms with E-state index in [0.29, 0.717) is 17.7 Å². The van der Waals surface area contributed by atoms with Gasteiger partial charge in [0.1, 0.15) is 11.6 Å². The molecule has 2 N–H and O–H groups in total. The highest BCUT2D eigenvalue weighted by molar-refractivity contribution is 7.19. The van der Waals surface area contributed by atoms with Crippen LogP contribution < -0.4 is 15.4 Å². The number of piperidine rings is 1. The van der Waals surface area contributed by atoms with Crippen molar-refractivity contribution in [2.75, 3.05) is 25.5 Å². The molecule has 1 fully saturated rings. The monoisotopic (exact) mass is 438 g/mol. The van der Waals surface area contributed by atoms with Crippen molar-refractivity contribution in [2.45, 2.75) is 25.8 Å². The fraction of sp³-hybridized carbons (Fsp3) is 0.318. The quantitative estimate of drug-likeness (QED) is 0.471. The second-order valence-corrected chi connectivity index (χ2v) is 8.86. The predicted octanol–water partition coefficient (Wildman–Crippen LogP) is 4.68. The van der Waals surface area contributed by atoms with Gasteiger partial charge in [-0.25, -0.2) is 14.4 Å². The summed E-state index contributed by atoms with van der Waals surface area (Å²) < 4.78 is 22.1. The molecule has 0 aliphatic carbocycles. The van der Waals surface area contributed by atoms with Crippen LogP contribution in [0.3, 0.4) is 0 Å². The highest BCUT2D eigenvalue weighted by Gasteiger charge is 2.19. The Morgan fingerprint density at radius 3 is 2.90 bits per heavy atom. The lowest BCUT2D eigenvalue weighted by Gasteiger charge is -2.22. The van der Waals surface area contributed by atoms with Crippen LogP contribution in [-0.2, 0) is 0 Å². The number of hydrogen-bond donors (Lipinski definition) is 2. The van der Waals surface area contributed by atoms with Crippen LogP contribution in [0.5, 0.6) is 5.75 Å². The maximum Gasteiger partial charge on any atom is 0.227 e. The van der Waals surface area contributed by atoms with Crippen molar-refractivity contribution >= 4 is 33.2 Å². The standard InChI is InChI=1S/C22H23FN6OS/c1-13-20(17-4-3-14(23)9-18(17)30-2)21-19(31-13)11-25-22(28-21)27-15-10-26-29(12-15)16-5-7-24-8-6-16/h3-4,9-12,16,24H,5-8H2,1-2H3,(H,25,27,28). The SMILES string of the molecule is COc1cc(F)ccc1-c1c(C)sc2cnc(Nc3cnn(C4CCNCC4)c3)nc12. The van der Waals surface area contributed by atoms with E-state index in [1.54, 1.807) is 30.7 Å². The van der Waals surface area contributed by atoms with Gasteiger partial charge in [-0.1, -0.05) is 0 Å². The van der Waals surface area contributed by atoms with Gasteiger partial charge in [-0.05, 0) is 45.0 Å². The second kappa shape index (κ2) is 8.24. The summed E-state index contributed by atoms with van der Waals surface area (Å²) in [7, 11) is 1.55. The number of hydrogen-bond acceptors (Lipinski definition) is 7. The van der Waals surface area contributed by atoms with Crippen LogP contribution in [0.2, 0.25) is 0 Å². The minimum atomic E-state index is -0.333. The van der Waals surface area contributed by atoms with Gasteiger partial charge in [-0.2, -0.15) is 5.10 Å². The molecule has 0 spiro atoms. The molecule has 4 aromatic rings. The van der Waals surface area contributed by atoms with Crippen molar-refractivity contribution in [1.29, 1.82) is 0 Å². The van der Waals surface area contributed by atoms with Gasteiger partial charge in [-0.15, -0.1) is 11.3 Å². The van der Waals surface area contributed by atoms with Gasteiger partial charge in [0.05, 0.1) is 41.4 Å². The summed E-state index contributed by atoms with van der Waals surface area (Å²) in [6, 6.07) is 4.99. The molecular formula is C22H23FN6OS. The number of nitrogens with zero attached hydrogens (tertiary/aromatic N) is 4. The Balaban J connectivity index is 1.48. The summed E-state index contributed by atoms with van der Waals surface area (Å²) in [6.45, 7) is 4.06. The van der Waals surface area contributed by atoms with Crippen LogP contribution in [0, 0.1) is 12.7 Å². The molecule has 9 heteroatoms. The van der Waals surface area contributed by atoms with Gasteiger partial charge < -0.3 is 15.4 Å². The number of anilines is 2. The summed E-state index contributed by atoms with van der Waals surface area (Å²) in [6.07, 6.45) is 7.77. The van der Waals surface area contributed by atoms with Gasteiger partial charge in [0.2, 0.25) is 5.95 Å². The number of ether oxygens (including phenoxy) is 1. The van der Waals surface area contributed by atoms with Gasteiger partial charge in [0.25, 0.3) is 0 Å². The number of rotatable bonds is 5. The third-order valence-electron chi connectivity index (χ3n) is 5.58. The van der Waals surface area contributed by atoms with Gasteiger partial charge in [0.15, 0.2) is 0 Å². The summed E-state index contributed by atoms with van der Waals surface area (Å²) in [5.74, 6) is 0.650. The zero-order chi connectivity index (χ0) is 21.4. The molecule has 3 aromatic heterocycles. The second-order valence-electron chi connectivity index (χ2n) is 7.60. The van der Waals surface area contributed by atoms with E-state index in [1.807, 2.05) is 24.0 Å². The van der Waals surface area contributed by atoms with E-state index in [1.165, 1.54) is 12.1 Å². The Labute approximate surface area is 183 Å². The third kappa shape index (κ3) is 3.86. The zero-order valence-corrected chi connectivity index (χ0v) is 18.2. The minimum Gasteiger partial charge on any atom is -0.496 e. The van der Waals surface area contributed by atoms with Crippen molar-refractivity contribution in [3.8, 4) is 16.9 Å². The van der Waals surface area contributed by atoms with E-state index in [4.69, 9.17) is 9.72 Å². The van der Waals surface area contributed by atoms with Gasteiger partial charge in [0, 0.05) is 28.3 Å². The van der Waals surface area contributed by atoms with Crippen LogP contribution in [0.4, 0.5) is 16.0 Å². The highest BCUT2D eigenvalue weighted by Crippen LogP contribution is 2.41. The molecule has 0 bridgehead atoms. The van der Waals surface area contributed by atoms with Crippen LogP contribution in [-0.4, -0.2) is 39.9 Å². The molecule has 1 aliphatic heterocycles. The Kier molecular flexibility index (Phi) is 5.29. The number of aryl methyl sites for hydroxylation is 1. The van der Waals surface area contributed by atoms with Crippen molar-refractivity contribution in [3.05, 3.63) is 47.5 Å². The number of halogens is 1. The van der Waals surface area contributed by atoms with Gasteiger partial charge in [-0.3, -0.25) is 4.68 Å². The zero-order valence-electron chi connectivity index (χ0n) is 17.4. The number of thiophene rings is 1. The normalized spacial score (nSPS) is 14.8. The first-order valence-electron chi connectivity index (χ1n) is 10.2. The van der Waals surface area contributed by atoms with Gasteiger partial charge >= 0.3 is 0 Å². The Morgan fingerprint density at radius 1 is 1.26 bits per heavy atom. The van der Waals surface area contributed by atoms with Crippen LogP contribution in [0.25, 0.3) is 21.3 Å². The fourth-order valence-electron chi connectivity index (χ4n) is 4.06. The highest BCUT2D eigenvalue weighted by atomic mass is 32.1. The molecule has 4 heterocycles. The Morgan fingerprint density at radius 2 is 2.10 bits per heavy atom. The van der Waals surface area contributed by atoms with Crippen molar-refractivity contribution < 1.29 is 9.13 Å². The maximum absolute atomic E-state index is 13.7.